The van der Waals surface area contributed by atoms with Gasteiger partial charge >= 0.3 is 18.3 Å². The zero-order valence-corrected chi connectivity index (χ0v) is 20.9. The van der Waals surface area contributed by atoms with Crippen molar-refractivity contribution in [3.63, 3.8) is 0 Å². The SMILES string of the molecule is CC1N(OC(=O)C(F)(F)F)c2cccc(C(F)(F)F)c2C(=O)N1c1ccc(OCCCN2CCC(F)(F)C2)cc1. The minimum absolute atomic E-state index is 0.0140. The van der Waals surface area contributed by atoms with Gasteiger partial charge in [-0.15, -0.1) is 0 Å². The van der Waals surface area contributed by atoms with Crippen LogP contribution in [0.3, 0.4) is 0 Å². The molecule has 1 unspecified atom stereocenters. The molecule has 1 fully saturated rings. The first-order valence-corrected chi connectivity index (χ1v) is 12.0. The van der Waals surface area contributed by atoms with Crippen LogP contribution in [0, 0.1) is 0 Å². The highest BCUT2D eigenvalue weighted by Gasteiger charge is 2.48. The van der Waals surface area contributed by atoms with E-state index in [1.807, 2.05) is 0 Å². The lowest BCUT2D eigenvalue weighted by Gasteiger charge is -2.42. The predicted octanol–water partition coefficient (Wildman–Crippen LogP) is 5.65. The van der Waals surface area contributed by atoms with Gasteiger partial charge in [0.05, 0.1) is 30.0 Å². The first kappa shape index (κ1) is 29.4. The zero-order valence-electron chi connectivity index (χ0n) is 20.9. The fraction of sp³-hybridized carbons (Fsp3) is 0.440. The molecule has 40 heavy (non-hydrogen) atoms. The average Bonchev–Trinajstić information content (AvgIpc) is 3.22. The molecule has 0 N–H and O–H groups in total. The van der Waals surface area contributed by atoms with Gasteiger partial charge in [0.15, 0.2) is 0 Å². The smallest absolute Gasteiger partial charge is 0.493 e. The molecule has 0 radical (unpaired) electrons. The summed E-state index contributed by atoms with van der Waals surface area (Å²) in [5, 5.41) is 0.314. The molecule has 0 saturated carbocycles. The Hall–Kier alpha value is -3.62. The van der Waals surface area contributed by atoms with Crippen LogP contribution in [0.15, 0.2) is 42.5 Å². The van der Waals surface area contributed by atoms with Gasteiger partial charge in [0.25, 0.3) is 11.8 Å². The molecule has 0 aromatic heterocycles. The largest absolute Gasteiger partial charge is 0.494 e. The highest BCUT2D eigenvalue weighted by molar-refractivity contribution is 6.13. The molecule has 7 nitrogen and oxygen atoms in total. The van der Waals surface area contributed by atoms with Gasteiger partial charge in [-0.3, -0.25) is 14.6 Å². The van der Waals surface area contributed by atoms with Crippen LogP contribution in [-0.2, 0) is 15.8 Å². The van der Waals surface area contributed by atoms with Crippen molar-refractivity contribution >= 4 is 23.3 Å². The summed E-state index contributed by atoms with van der Waals surface area (Å²) < 4.78 is 112. The van der Waals surface area contributed by atoms with E-state index in [0.29, 0.717) is 29.8 Å². The molecule has 4 rings (SSSR count). The van der Waals surface area contributed by atoms with Crippen molar-refractivity contribution < 1.29 is 54.3 Å². The van der Waals surface area contributed by atoms with Gasteiger partial charge in [-0.25, -0.2) is 13.6 Å². The summed E-state index contributed by atoms with van der Waals surface area (Å²) in [4.78, 5) is 31.8. The van der Waals surface area contributed by atoms with Crippen LogP contribution in [0.5, 0.6) is 5.75 Å². The second-order valence-corrected chi connectivity index (χ2v) is 9.28. The number of likely N-dealkylation sites (tertiary alicyclic amines) is 1. The first-order valence-electron chi connectivity index (χ1n) is 12.0. The van der Waals surface area contributed by atoms with Crippen molar-refractivity contribution in [2.45, 2.75) is 44.2 Å². The fourth-order valence-corrected chi connectivity index (χ4v) is 4.56. The van der Waals surface area contributed by atoms with Crippen LogP contribution >= 0.6 is 0 Å². The van der Waals surface area contributed by atoms with Crippen molar-refractivity contribution in [3.05, 3.63) is 53.6 Å². The highest BCUT2D eigenvalue weighted by atomic mass is 19.4. The molecule has 2 aliphatic rings. The number of hydrogen-bond donors (Lipinski definition) is 0. The third-order valence-electron chi connectivity index (χ3n) is 6.39. The monoisotopic (exact) mass is 581 g/mol. The number of amides is 1. The Morgan fingerprint density at radius 1 is 1.05 bits per heavy atom. The zero-order chi connectivity index (χ0) is 29.5. The van der Waals surface area contributed by atoms with Crippen molar-refractivity contribution in [2.24, 2.45) is 0 Å². The number of halogens is 8. The van der Waals surface area contributed by atoms with E-state index in [1.165, 1.54) is 31.2 Å². The molecule has 2 aromatic rings. The number of carbonyl (C=O) groups excluding carboxylic acids is 2. The molecule has 1 saturated heterocycles. The van der Waals surface area contributed by atoms with Crippen molar-refractivity contribution in [2.75, 3.05) is 36.2 Å². The summed E-state index contributed by atoms with van der Waals surface area (Å²) in [6.45, 7) is 1.69. The Morgan fingerprint density at radius 3 is 2.30 bits per heavy atom. The number of ether oxygens (including phenoxy) is 1. The van der Waals surface area contributed by atoms with Gasteiger partial charge in [0, 0.05) is 25.2 Å². The van der Waals surface area contributed by atoms with Crippen LogP contribution in [0.2, 0.25) is 0 Å². The molecule has 0 bridgehead atoms. The Kier molecular flexibility index (Phi) is 7.89. The second kappa shape index (κ2) is 10.7. The molecule has 2 aromatic carbocycles. The van der Waals surface area contributed by atoms with Crippen molar-refractivity contribution in [3.8, 4) is 5.75 Å². The lowest BCUT2D eigenvalue weighted by molar-refractivity contribution is -0.202. The van der Waals surface area contributed by atoms with Crippen LogP contribution in [-0.4, -0.2) is 61.3 Å². The number of hydrogen-bond acceptors (Lipinski definition) is 6. The van der Waals surface area contributed by atoms with E-state index < -0.39 is 53.1 Å². The topological polar surface area (TPSA) is 62.3 Å². The van der Waals surface area contributed by atoms with E-state index in [-0.39, 0.29) is 31.8 Å². The molecule has 1 atom stereocenters. The lowest BCUT2D eigenvalue weighted by atomic mass is 9.99. The van der Waals surface area contributed by atoms with Crippen molar-refractivity contribution in [1.82, 2.24) is 4.90 Å². The van der Waals surface area contributed by atoms with Gasteiger partial charge in [-0.1, -0.05) is 6.07 Å². The van der Waals surface area contributed by atoms with Gasteiger partial charge in [0.1, 0.15) is 11.9 Å². The normalized spacial score (nSPS) is 19.5. The third kappa shape index (κ3) is 6.24. The third-order valence-corrected chi connectivity index (χ3v) is 6.39. The Morgan fingerprint density at radius 2 is 1.73 bits per heavy atom. The molecule has 218 valence electrons. The van der Waals surface area contributed by atoms with Crippen LogP contribution in [0.25, 0.3) is 0 Å². The van der Waals surface area contributed by atoms with Crippen molar-refractivity contribution in [1.29, 1.82) is 0 Å². The molecule has 0 aliphatic carbocycles. The van der Waals surface area contributed by atoms with E-state index in [2.05, 4.69) is 4.84 Å². The maximum absolute atomic E-state index is 13.8. The summed E-state index contributed by atoms with van der Waals surface area (Å²) >= 11 is 0. The summed E-state index contributed by atoms with van der Waals surface area (Å²) in [5.41, 5.74) is -3.08. The second-order valence-electron chi connectivity index (χ2n) is 9.28. The number of rotatable bonds is 7. The lowest BCUT2D eigenvalue weighted by Crippen LogP contribution is -2.56. The minimum Gasteiger partial charge on any atom is -0.494 e. The summed E-state index contributed by atoms with van der Waals surface area (Å²) in [7, 11) is 0. The number of hydroxylamine groups is 1. The van der Waals surface area contributed by atoms with Crippen LogP contribution in [0.4, 0.5) is 46.5 Å². The number of carbonyl (C=O) groups is 2. The Balaban J connectivity index is 1.55. The molecule has 0 spiro atoms. The van der Waals surface area contributed by atoms with Crippen LogP contribution < -0.4 is 14.7 Å². The van der Waals surface area contributed by atoms with Crippen LogP contribution in [0.1, 0.15) is 35.7 Å². The maximum atomic E-state index is 13.8. The first-order chi connectivity index (χ1) is 18.6. The molecule has 15 heteroatoms. The van der Waals surface area contributed by atoms with E-state index in [9.17, 15) is 44.7 Å². The summed E-state index contributed by atoms with van der Waals surface area (Å²) in [6.07, 6.45) is -11.7. The molecular weight excluding hydrogens is 558 g/mol. The maximum Gasteiger partial charge on any atom is 0.493 e. The summed E-state index contributed by atoms with van der Waals surface area (Å²) in [6, 6.07) is 7.79. The van der Waals surface area contributed by atoms with Gasteiger partial charge < -0.3 is 9.57 Å². The van der Waals surface area contributed by atoms with Gasteiger partial charge in [0.2, 0.25) is 0 Å². The number of nitrogens with zero attached hydrogens (tertiary/aromatic N) is 3. The number of alkyl halides is 8. The van der Waals surface area contributed by atoms with E-state index in [1.54, 1.807) is 4.90 Å². The molecule has 1 amide bonds. The Labute approximate surface area is 222 Å². The number of anilines is 2. The minimum atomic E-state index is -5.46. The number of benzene rings is 2. The van der Waals surface area contributed by atoms with E-state index >= 15 is 0 Å². The fourth-order valence-electron chi connectivity index (χ4n) is 4.56. The predicted molar refractivity (Wildman–Crippen MR) is 125 cm³/mol. The quantitative estimate of drug-likeness (QED) is 0.311. The molecule has 2 heterocycles. The van der Waals surface area contributed by atoms with E-state index in [0.717, 1.165) is 17.0 Å². The Bertz CT molecular complexity index is 1250. The van der Waals surface area contributed by atoms with E-state index in [4.69, 9.17) is 4.74 Å². The molecule has 2 aliphatic heterocycles. The van der Waals surface area contributed by atoms with Gasteiger partial charge in [-0.05, 0) is 49.7 Å². The standard InChI is InChI=1S/C25H23F8N3O4/c1-15-35(16-6-8-17(9-7-16)39-13-3-11-34-12-10-23(26,27)14-34)21(37)20-18(24(28,29)30)4-2-5-19(20)36(15)40-22(38)25(31,32)33/h2,4-9,15H,3,10-14H2,1H3. The average molecular weight is 581 g/mol. The summed E-state index contributed by atoms with van der Waals surface area (Å²) in [5.74, 6) is -6.27. The number of fused-ring (bicyclic) bond motifs is 1. The highest BCUT2D eigenvalue weighted by Crippen LogP contribution is 2.42. The molecular formula is C25H23F8N3O4. The van der Waals surface area contributed by atoms with Gasteiger partial charge in [-0.2, -0.15) is 31.4 Å².